The molecule has 0 bridgehead atoms. The molecule has 0 radical (unpaired) electrons. The average molecular weight is 250 g/mol. The fourth-order valence-electron chi connectivity index (χ4n) is 2.30. The Kier molecular flexibility index (Phi) is 4.58. The van der Waals surface area contributed by atoms with Crippen molar-refractivity contribution >= 4 is 0 Å². The van der Waals surface area contributed by atoms with Gasteiger partial charge in [0, 0.05) is 31.2 Å². The van der Waals surface area contributed by atoms with Crippen molar-refractivity contribution in [3.8, 4) is 5.75 Å². The Labute approximate surface area is 109 Å². The van der Waals surface area contributed by atoms with Gasteiger partial charge in [-0.1, -0.05) is 6.07 Å². The van der Waals surface area contributed by atoms with E-state index in [0.717, 1.165) is 37.6 Å². The minimum atomic E-state index is 0.449. The van der Waals surface area contributed by atoms with Crippen molar-refractivity contribution in [3.05, 3.63) is 29.3 Å². The molecular weight excluding hydrogens is 228 g/mol. The maximum atomic E-state index is 5.70. The smallest absolute Gasteiger partial charge is 0.123 e. The van der Waals surface area contributed by atoms with Gasteiger partial charge in [0.1, 0.15) is 5.75 Å². The zero-order valence-electron chi connectivity index (χ0n) is 11.2. The first-order valence-electron chi connectivity index (χ1n) is 6.42. The molecule has 1 saturated heterocycles. The second-order valence-electron chi connectivity index (χ2n) is 4.74. The zero-order valence-corrected chi connectivity index (χ0v) is 11.2. The average Bonchev–Trinajstić information content (AvgIpc) is 2.41. The van der Waals surface area contributed by atoms with Crippen molar-refractivity contribution in [3.63, 3.8) is 0 Å². The summed E-state index contributed by atoms with van der Waals surface area (Å²) in [6, 6.07) is 6.61. The minimum Gasteiger partial charge on any atom is -0.496 e. The van der Waals surface area contributed by atoms with E-state index in [1.165, 1.54) is 5.56 Å². The standard InChI is InChI=1S/C14H22N2O2/c1-11-10-18-6-5-16(11)9-13-7-12(8-15)3-4-14(13)17-2/h3-4,7,11H,5-6,8-10,15H2,1-2H3. The first kappa shape index (κ1) is 13.3. The molecule has 0 amide bonds. The first-order valence-corrected chi connectivity index (χ1v) is 6.42. The molecule has 0 saturated carbocycles. The molecule has 1 aliphatic rings. The summed E-state index contributed by atoms with van der Waals surface area (Å²) in [7, 11) is 1.71. The number of hydrogen-bond acceptors (Lipinski definition) is 4. The lowest BCUT2D eigenvalue weighted by molar-refractivity contribution is -0.00464. The van der Waals surface area contributed by atoms with Crippen LogP contribution >= 0.6 is 0 Å². The second kappa shape index (κ2) is 6.18. The zero-order chi connectivity index (χ0) is 13.0. The Hall–Kier alpha value is -1.10. The second-order valence-corrected chi connectivity index (χ2v) is 4.74. The van der Waals surface area contributed by atoms with E-state index in [1.54, 1.807) is 7.11 Å². The maximum absolute atomic E-state index is 5.70. The van der Waals surface area contributed by atoms with Crippen LogP contribution in [0.5, 0.6) is 5.75 Å². The summed E-state index contributed by atoms with van der Waals surface area (Å²) in [6.45, 7) is 6.23. The molecule has 4 nitrogen and oxygen atoms in total. The summed E-state index contributed by atoms with van der Waals surface area (Å²) >= 11 is 0. The molecule has 4 heteroatoms. The molecule has 1 atom stereocenters. The van der Waals surface area contributed by atoms with Gasteiger partial charge in [-0.3, -0.25) is 4.90 Å². The van der Waals surface area contributed by atoms with Gasteiger partial charge in [-0.2, -0.15) is 0 Å². The number of nitrogens with zero attached hydrogens (tertiary/aromatic N) is 1. The summed E-state index contributed by atoms with van der Waals surface area (Å²) < 4.78 is 10.9. The van der Waals surface area contributed by atoms with E-state index < -0.39 is 0 Å². The van der Waals surface area contributed by atoms with Gasteiger partial charge >= 0.3 is 0 Å². The number of hydrogen-bond donors (Lipinski definition) is 1. The third-order valence-corrected chi connectivity index (χ3v) is 3.46. The summed E-state index contributed by atoms with van der Waals surface area (Å²) in [5.74, 6) is 0.936. The summed E-state index contributed by atoms with van der Waals surface area (Å²) in [6.07, 6.45) is 0. The van der Waals surface area contributed by atoms with Crippen LogP contribution in [-0.2, 0) is 17.8 Å². The summed E-state index contributed by atoms with van der Waals surface area (Å²) in [4.78, 5) is 2.42. The molecule has 1 fully saturated rings. The highest BCUT2D eigenvalue weighted by molar-refractivity contribution is 5.37. The molecule has 2 rings (SSSR count). The number of nitrogens with two attached hydrogens (primary N) is 1. The van der Waals surface area contributed by atoms with Crippen molar-refractivity contribution in [1.29, 1.82) is 0 Å². The first-order chi connectivity index (χ1) is 8.74. The van der Waals surface area contributed by atoms with Gasteiger partial charge in [0.2, 0.25) is 0 Å². The topological polar surface area (TPSA) is 47.7 Å². The van der Waals surface area contributed by atoms with Gasteiger partial charge in [0.15, 0.2) is 0 Å². The van der Waals surface area contributed by atoms with Crippen molar-refractivity contribution in [2.24, 2.45) is 5.73 Å². The summed E-state index contributed by atoms with van der Waals surface area (Å²) in [5.41, 5.74) is 8.04. The molecule has 0 aliphatic carbocycles. The van der Waals surface area contributed by atoms with E-state index in [0.29, 0.717) is 12.6 Å². The lowest BCUT2D eigenvalue weighted by Gasteiger charge is -2.33. The van der Waals surface area contributed by atoms with Crippen molar-refractivity contribution in [2.45, 2.75) is 26.1 Å². The fraction of sp³-hybridized carbons (Fsp3) is 0.571. The summed E-state index contributed by atoms with van der Waals surface area (Å²) in [5, 5.41) is 0. The molecule has 18 heavy (non-hydrogen) atoms. The molecular formula is C14H22N2O2. The molecule has 1 unspecified atom stereocenters. The van der Waals surface area contributed by atoms with Gasteiger partial charge in [-0.15, -0.1) is 0 Å². The Bertz CT molecular complexity index is 395. The Morgan fingerprint density at radius 1 is 1.50 bits per heavy atom. The maximum Gasteiger partial charge on any atom is 0.123 e. The lowest BCUT2D eigenvalue weighted by atomic mass is 10.1. The van der Waals surface area contributed by atoms with Crippen LogP contribution in [0.2, 0.25) is 0 Å². The van der Waals surface area contributed by atoms with E-state index in [4.69, 9.17) is 15.2 Å². The van der Waals surface area contributed by atoms with E-state index in [9.17, 15) is 0 Å². The number of morpholine rings is 1. The number of rotatable bonds is 4. The van der Waals surface area contributed by atoms with Crippen LogP contribution in [0.25, 0.3) is 0 Å². The van der Waals surface area contributed by atoms with Crippen molar-refractivity contribution < 1.29 is 9.47 Å². The lowest BCUT2D eigenvalue weighted by Crippen LogP contribution is -2.42. The molecule has 100 valence electrons. The molecule has 0 aromatic heterocycles. The SMILES string of the molecule is COc1ccc(CN)cc1CN1CCOCC1C. The molecule has 1 aromatic carbocycles. The van der Waals surface area contributed by atoms with Gasteiger partial charge in [0.25, 0.3) is 0 Å². The molecule has 1 aromatic rings. The quantitative estimate of drug-likeness (QED) is 0.877. The highest BCUT2D eigenvalue weighted by Gasteiger charge is 2.20. The molecule has 1 aliphatic heterocycles. The van der Waals surface area contributed by atoms with Crippen LogP contribution in [0.15, 0.2) is 18.2 Å². The molecule has 1 heterocycles. The number of methoxy groups -OCH3 is 1. The number of benzene rings is 1. The molecule has 0 spiro atoms. The predicted octanol–water partition coefficient (Wildman–Crippen LogP) is 1.37. The molecule has 2 N–H and O–H groups in total. The largest absolute Gasteiger partial charge is 0.496 e. The van der Waals surface area contributed by atoms with Crippen LogP contribution in [0.1, 0.15) is 18.1 Å². The normalized spacial score (nSPS) is 20.9. The van der Waals surface area contributed by atoms with Crippen LogP contribution in [0.3, 0.4) is 0 Å². The van der Waals surface area contributed by atoms with Crippen molar-refractivity contribution in [1.82, 2.24) is 4.90 Å². The van der Waals surface area contributed by atoms with Gasteiger partial charge < -0.3 is 15.2 Å². The Morgan fingerprint density at radius 2 is 2.33 bits per heavy atom. The third kappa shape index (κ3) is 3.02. The highest BCUT2D eigenvalue weighted by atomic mass is 16.5. The van der Waals surface area contributed by atoms with E-state index >= 15 is 0 Å². The van der Waals surface area contributed by atoms with Gasteiger partial charge in [0.05, 0.1) is 20.3 Å². The Morgan fingerprint density at radius 3 is 3.00 bits per heavy atom. The number of ether oxygens (including phenoxy) is 2. The van der Waals surface area contributed by atoms with E-state index in [1.807, 2.05) is 12.1 Å². The predicted molar refractivity (Wildman–Crippen MR) is 71.6 cm³/mol. The van der Waals surface area contributed by atoms with Gasteiger partial charge in [-0.05, 0) is 24.6 Å². The fourth-order valence-corrected chi connectivity index (χ4v) is 2.30. The van der Waals surface area contributed by atoms with Crippen LogP contribution in [0.4, 0.5) is 0 Å². The van der Waals surface area contributed by atoms with E-state index in [2.05, 4.69) is 17.9 Å². The van der Waals surface area contributed by atoms with Crippen molar-refractivity contribution in [2.75, 3.05) is 26.9 Å². The van der Waals surface area contributed by atoms with Crippen LogP contribution in [-0.4, -0.2) is 37.8 Å². The minimum absolute atomic E-state index is 0.449. The van der Waals surface area contributed by atoms with Crippen LogP contribution < -0.4 is 10.5 Å². The van der Waals surface area contributed by atoms with E-state index in [-0.39, 0.29) is 0 Å². The third-order valence-electron chi connectivity index (χ3n) is 3.46. The monoisotopic (exact) mass is 250 g/mol. The van der Waals surface area contributed by atoms with Crippen LogP contribution in [0, 0.1) is 0 Å². The highest BCUT2D eigenvalue weighted by Crippen LogP contribution is 2.23. The Balaban J connectivity index is 2.15. The van der Waals surface area contributed by atoms with Gasteiger partial charge in [-0.25, -0.2) is 0 Å².